The van der Waals surface area contributed by atoms with Crippen LogP contribution in [0.25, 0.3) is 22.1 Å². The summed E-state index contributed by atoms with van der Waals surface area (Å²) in [6, 6.07) is 37.5. The first-order chi connectivity index (χ1) is 25.1. The van der Waals surface area contributed by atoms with Crippen LogP contribution in [0, 0.1) is 23.7 Å². The van der Waals surface area contributed by atoms with Gasteiger partial charge in [-0.25, -0.2) is 9.97 Å². The molecule has 6 aromatic rings. The molecule has 4 aliphatic heterocycles. The fourth-order valence-electron chi connectivity index (χ4n) is 9.92. The van der Waals surface area contributed by atoms with E-state index in [1.165, 1.54) is 75.6 Å². The summed E-state index contributed by atoms with van der Waals surface area (Å²) in [6.45, 7) is 4.36. The lowest BCUT2D eigenvalue weighted by Crippen LogP contribution is -2.52. The number of nitrogens with zero attached hydrogens (tertiary/aromatic N) is 4. The average Bonchev–Trinajstić information content (AvgIpc) is 3.77. The molecule has 0 spiro atoms. The maximum atomic E-state index is 6.03. The van der Waals surface area contributed by atoms with Crippen LogP contribution in [0.1, 0.15) is 61.3 Å². The first-order valence-electron chi connectivity index (χ1n) is 19.2. The van der Waals surface area contributed by atoms with Crippen LogP contribution in [0.5, 0.6) is 0 Å². The van der Waals surface area contributed by atoms with Gasteiger partial charge in [0.05, 0.1) is 35.2 Å². The maximum Gasteiger partial charge on any atom is 0.121 e. The van der Waals surface area contributed by atoms with Crippen molar-refractivity contribution in [3.05, 3.63) is 131 Å². The number of imidazole rings is 2. The van der Waals surface area contributed by atoms with Crippen molar-refractivity contribution >= 4 is 33.7 Å². The molecule has 4 bridgehead atoms. The molecule has 4 saturated heterocycles. The van der Waals surface area contributed by atoms with Gasteiger partial charge in [-0.15, -0.1) is 0 Å². The number of fused-ring (bicyclic) bond motifs is 8. The number of piperidine rings is 4. The van der Waals surface area contributed by atoms with Crippen LogP contribution in [-0.4, -0.2) is 54.9 Å². The van der Waals surface area contributed by atoms with Gasteiger partial charge in [-0.2, -0.15) is 0 Å². The largest absolute Gasteiger partial charge is 0.341 e. The minimum absolute atomic E-state index is 0.700. The Morgan fingerprint density at radius 1 is 0.549 bits per heavy atom. The number of para-hydroxylation sites is 4. The van der Waals surface area contributed by atoms with E-state index in [9.17, 15) is 0 Å². The van der Waals surface area contributed by atoms with Crippen LogP contribution < -0.4 is 0 Å². The summed E-state index contributed by atoms with van der Waals surface area (Å²) in [4.78, 5) is 21.9. The molecule has 0 amide bonds. The van der Waals surface area contributed by atoms with Crippen LogP contribution in [0.3, 0.4) is 0 Å². The molecule has 4 aromatic carbocycles. The van der Waals surface area contributed by atoms with Crippen molar-refractivity contribution < 1.29 is 0 Å². The number of benzene rings is 4. The molecule has 51 heavy (non-hydrogen) atoms. The molecule has 0 radical (unpaired) electrons. The van der Waals surface area contributed by atoms with E-state index < -0.39 is 0 Å². The van der Waals surface area contributed by atoms with Crippen LogP contribution in [0.15, 0.2) is 103 Å². The maximum absolute atomic E-state index is 6.03. The van der Waals surface area contributed by atoms with Gasteiger partial charge in [0.15, 0.2) is 0 Å². The summed E-state index contributed by atoms with van der Waals surface area (Å²) in [5, 5.41) is 0.830. The normalized spacial score (nSPS) is 26.1. The minimum Gasteiger partial charge on any atom is -0.341 e. The third-order valence-corrected chi connectivity index (χ3v) is 12.8. The van der Waals surface area contributed by atoms with Crippen molar-refractivity contribution in [1.82, 2.24) is 29.7 Å². The number of halogens is 1. The highest BCUT2D eigenvalue weighted by Crippen LogP contribution is 2.42. The third kappa shape index (κ3) is 7.37. The first-order valence-corrected chi connectivity index (χ1v) is 19.6. The van der Waals surface area contributed by atoms with Gasteiger partial charge in [0.25, 0.3) is 0 Å². The van der Waals surface area contributed by atoms with E-state index in [1.54, 1.807) is 0 Å². The molecule has 6 atom stereocenters. The van der Waals surface area contributed by atoms with Crippen molar-refractivity contribution in [2.24, 2.45) is 23.7 Å². The predicted molar refractivity (Wildman–Crippen MR) is 208 cm³/mol. The Bertz CT molecular complexity index is 1990. The SMILES string of the molecule is Clc1ccc(CC2CC3CCC2CN3Cc2nc3ccccc3[nH]2)cc1.c1ccc(CC2CC3CCC2CN3Cc2nc3ccccc3[nH]2)cc1. The van der Waals surface area contributed by atoms with Crippen molar-refractivity contribution in [2.45, 2.75) is 76.5 Å². The molecule has 6 fully saturated rings. The number of aromatic nitrogens is 4. The van der Waals surface area contributed by atoms with Crippen molar-refractivity contribution in [1.29, 1.82) is 0 Å². The van der Waals surface area contributed by atoms with Crippen molar-refractivity contribution in [2.75, 3.05) is 13.1 Å². The zero-order chi connectivity index (χ0) is 34.1. The summed E-state index contributed by atoms with van der Waals surface area (Å²) < 4.78 is 0. The molecular formula is C44H49ClN6. The van der Waals surface area contributed by atoms with Gasteiger partial charge < -0.3 is 9.97 Å². The molecule has 2 saturated carbocycles. The van der Waals surface area contributed by atoms with E-state index in [0.29, 0.717) is 6.04 Å². The lowest BCUT2D eigenvalue weighted by molar-refractivity contribution is -0.00136. The number of hydrogen-bond acceptors (Lipinski definition) is 4. The quantitative estimate of drug-likeness (QED) is 0.166. The van der Waals surface area contributed by atoms with Gasteiger partial charge in [0.2, 0.25) is 0 Å². The van der Waals surface area contributed by atoms with Gasteiger partial charge >= 0.3 is 0 Å². The molecule has 2 aromatic heterocycles. The first kappa shape index (κ1) is 32.9. The Kier molecular flexibility index (Phi) is 9.40. The minimum atomic E-state index is 0.700. The predicted octanol–water partition coefficient (Wildman–Crippen LogP) is 9.47. The summed E-state index contributed by atoms with van der Waals surface area (Å²) in [7, 11) is 0. The molecule has 7 heteroatoms. The van der Waals surface area contributed by atoms with E-state index in [0.717, 1.165) is 81.5 Å². The van der Waals surface area contributed by atoms with Gasteiger partial charge in [-0.3, -0.25) is 9.80 Å². The smallest absolute Gasteiger partial charge is 0.121 e. The molecule has 6 unspecified atom stereocenters. The molecule has 12 rings (SSSR count). The number of nitrogens with one attached hydrogen (secondary N) is 2. The Labute approximate surface area is 306 Å². The van der Waals surface area contributed by atoms with Gasteiger partial charge in [-0.1, -0.05) is 78.3 Å². The second kappa shape index (κ2) is 14.6. The zero-order valence-electron chi connectivity index (χ0n) is 29.4. The van der Waals surface area contributed by atoms with Gasteiger partial charge in [-0.05, 0) is 123 Å². The molecule has 2 aliphatic carbocycles. The van der Waals surface area contributed by atoms with Crippen molar-refractivity contribution in [3.63, 3.8) is 0 Å². The third-order valence-electron chi connectivity index (χ3n) is 12.5. The highest BCUT2D eigenvalue weighted by atomic mass is 35.5. The Hall–Kier alpha value is -3.97. The van der Waals surface area contributed by atoms with Crippen LogP contribution in [0.4, 0.5) is 0 Å². The Morgan fingerprint density at radius 2 is 1.02 bits per heavy atom. The highest BCUT2D eigenvalue weighted by molar-refractivity contribution is 6.30. The summed E-state index contributed by atoms with van der Waals surface area (Å²) in [5.41, 5.74) is 7.39. The van der Waals surface area contributed by atoms with Crippen LogP contribution in [-0.2, 0) is 25.9 Å². The second-order valence-corrected chi connectivity index (χ2v) is 16.2. The number of hydrogen-bond donors (Lipinski definition) is 2. The topological polar surface area (TPSA) is 63.8 Å². The zero-order valence-corrected chi connectivity index (χ0v) is 30.2. The summed E-state index contributed by atoms with van der Waals surface area (Å²) in [6.07, 6.45) is 10.6. The van der Waals surface area contributed by atoms with Gasteiger partial charge in [0.1, 0.15) is 11.6 Å². The average molecular weight is 697 g/mol. The number of rotatable bonds is 8. The molecule has 262 valence electrons. The van der Waals surface area contributed by atoms with E-state index >= 15 is 0 Å². The standard InChI is InChI=1S/C22H24ClN3.C22H25N3/c23-18-8-5-15(6-9-18)11-17-12-19-10-7-16(17)13-26(19)14-22-24-20-3-1-2-4-21(20)25-22;1-2-6-16(7-3-1)12-18-13-19-11-10-17(18)14-25(19)15-22-23-20-8-4-5-9-21(20)24-22/h1-6,8-9,16-17,19H,7,10-14H2,(H,24,25);1-9,17-19H,10-15H2,(H,23,24). The van der Waals surface area contributed by atoms with E-state index in [-0.39, 0.29) is 0 Å². The molecular weight excluding hydrogens is 648 g/mol. The van der Waals surface area contributed by atoms with E-state index in [1.807, 2.05) is 12.1 Å². The lowest BCUT2D eigenvalue weighted by Gasteiger charge is -2.49. The Morgan fingerprint density at radius 3 is 1.49 bits per heavy atom. The summed E-state index contributed by atoms with van der Waals surface area (Å²) >= 11 is 6.03. The summed E-state index contributed by atoms with van der Waals surface area (Å²) in [5.74, 6) is 5.53. The number of H-pyrrole nitrogens is 2. The van der Waals surface area contributed by atoms with E-state index in [4.69, 9.17) is 21.6 Å². The van der Waals surface area contributed by atoms with Gasteiger partial charge in [0, 0.05) is 30.2 Å². The monoisotopic (exact) mass is 696 g/mol. The second-order valence-electron chi connectivity index (χ2n) is 15.8. The molecule has 2 N–H and O–H groups in total. The molecule has 6 aliphatic rings. The molecule has 6 heterocycles. The Balaban J connectivity index is 0.000000137. The lowest BCUT2D eigenvalue weighted by atomic mass is 9.70. The highest BCUT2D eigenvalue weighted by Gasteiger charge is 2.41. The van der Waals surface area contributed by atoms with E-state index in [2.05, 4.69) is 111 Å². The van der Waals surface area contributed by atoms with Crippen molar-refractivity contribution in [3.8, 4) is 0 Å². The number of aromatic amines is 2. The fraction of sp³-hybridized carbons (Fsp3) is 0.409. The van der Waals surface area contributed by atoms with Crippen LogP contribution >= 0.6 is 11.6 Å². The van der Waals surface area contributed by atoms with Crippen LogP contribution in [0.2, 0.25) is 5.02 Å². The molecule has 6 nitrogen and oxygen atoms in total. The fourth-order valence-corrected chi connectivity index (χ4v) is 10.0.